The molecule has 2 amide bonds. The molecule has 1 aliphatic heterocycles. The minimum atomic E-state index is -0.0438. The van der Waals surface area contributed by atoms with Crippen LogP contribution >= 0.6 is 27.5 Å². The number of carbonyl (C=O) groups is 2. The summed E-state index contributed by atoms with van der Waals surface area (Å²) in [4.78, 5) is 29.0. The van der Waals surface area contributed by atoms with E-state index in [0.29, 0.717) is 42.3 Å². The van der Waals surface area contributed by atoms with Crippen LogP contribution in [0.4, 0.5) is 0 Å². The van der Waals surface area contributed by atoms with Gasteiger partial charge < -0.3 is 9.80 Å². The van der Waals surface area contributed by atoms with Crippen LogP contribution in [0.5, 0.6) is 0 Å². The van der Waals surface area contributed by atoms with Crippen LogP contribution in [0.1, 0.15) is 27.1 Å². The average molecular weight is 422 g/mol. The van der Waals surface area contributed by atoms with E-state index in [-0.39, 0.29) is 11.8 Å². The predicted octanol–water partition coefficient (Wildman–Crippen LogP) is 4.09. The Bertz CT molecular complexity index is 796. The third kappa shape index (κ3) is 4.22. The summed E-state index contributed by atoms with van der Waals surface area (Å²) in [5.74, 6) is -0.0535. The number of rotatable bonds is 2. The molecule has 0 N–H and O–H groups in total. The number of benzene rings is 2. The first-order valence-electron chi connectivity index (χ1n) is 8.15. The van der Waals surface area contributed by atoms with Crippen LogP contribution in [0, 0.1) is 0 Å². The van der Waals surface area contributed by atoms with Gasteiger partial charge in [0.25, 0.3) is 11.8 Å². The highest BCUT2D eigenvalue weighted by atomic mass is 79.9. The molecule has 1 saturated heterocycles. The topological polar surface area (TPSA) is 40.6 Å². The molecule has 0 atom stereocenters. The SMILES string of the molecule is O=C(c1cccc(Cl)c1)N1CCCN(C(=O)c2ccccc2Br)CC1. The lowest BCUT2D eigenvalue weighted by atomic mass is 10.2. The molecule has 0 saturated carbocycles. The van der Waals surface area contributed by atoms with Crippen LogP contribution < -0.4 is 0 Å². The number of amides is 2. The maximum absolute atomic E-state index is 12.7. The minimum absolute atomic E-state index is 0.00969. The van der Waals surface area contributed by atoms with E-state index < -0.39 is 0 Å². The summed E-state index contributed by atoms with van der Waals surface area (Å²) in [6, 6.07) is 14.4. The normalized spacial score (nSPS) is 15.0. The Labute approximate surface area is 160 Å². The van der Waals surface area contributed by atoms with Crippen molar-refractivity contribution in [3.8, 4) is 0 Å². The van der Waals surface area contributed by atoms with Gasteiger partial charge in [0.15, 0.2) is 0 Å². The van der Waals surface area contributed by atoms with Gasteiger partial charge in [-0.05, 0) is 52.7 Å². The number of hydrogen-bond acceptors (Lipinski definition) is 2. The highest BCUT2D eigenvalue weighted by molar-refractivity contribution is 9.10. The number of halogens is 2. The Morgan fingerprint density at radius 2 is 1.56 bits per heavy atom. The molecule has 2 aromatic rings. The third-order valence-electron chi connectivity index (χ3n) is 4.25. The van der Waals surface area contributed by atoms with Gasteiger partial charge in [0.2, 0.25) is 0 Å². The van der Waals surface area contributed by atoms with Gasteiger partial charge in [-0.3, -0.25) is 9.59 Å². The molecule has 0 bridgehead atoms. The molecular formula is C19H18BrClN2O2. The summed E-state index contributed by atoms with van der Waals surface area (Å²) >= 11 is 9.41. The molecule has 0 aromatic heterocycles. The predicted molar refractivity (Wildman–Crippen MR) is 102 cm³/mol. The first kappa shape index (κ1) is 18.0. The van der Waals surface area contributed by atoms with Crippen molar-refractivity contribution >= 4 is 39.3 Å². The van der Waals surface area contributed by atoms with Gasteiger partial charge in [-0.15, -0.1) is 0 Å². The Morgan fingerprint density at radius 1 is 0.880 bits per heavy atom. The standard InChI is InChI=1S/C19H18BrClN2O2/c20-17-8-2-1-7-16(17)19(25)23-10-4-9-22(11-12-23)18(24)14-5-3-6-15(21)13-14/h1-3,5-8,13H,4,9-12H2. The molecule has 1 aliphatic rings. The molecule has 0 aliphatic carbocycles. The van der Waals surface area contributed by atoms with Crippen LogP contribution in [0.3, 0.4) is 0 Å². The second kappa shape index (κ2) is 8.02. The van der Waals surface area contributed by atoms with Gasteiger partial charge in [0.1, 0.15) is 0 Å². The van der Waals surface area contributed by atoms with E-state index in [1.807, 2.05) is 29.2 Å². The molecular weight excluding hydrogens is 404 g/mol. The van der Waals surface area contributed by atoms with Gasteiger partial charge in [-0.1, -0.05) is 29.8 Å². The fourth-order valence-corrected chi connectivity index (χ4v) is 3.58. The van der Waals surface area contributed by atoms with Crippen molar-refractivity contribution in [2.45, 2.75) is 6.42 Å². The zero-order valence-corrected chi connectivity index (χ0v) is 16.0. The molecule has 0 unspecified atom stereocenters. The average Bonchev–Trinajstić information content (AvgIpc) is 2.87. The molecule has 3 rings (SSSR count). The van der Waals surface area contributed by atoms with E-state index in [0.717, 1.165) is 10.9 Å². The lowest BCUT2D eigenvalue weighted by molar-refractivity contribution is 0.0718. The fraction of sp³-hybridized carbons (Fsp3) is 0.263. The highest BCUT2D eigenvalue weighted by Crippen LogP contribution is 2.19. The van der Waals surface area contributed by atoms with Crippen molar-refractivity contribution < 1.29 is 9.59 Å². The van der Waals surface area contributed by atoms with Crippen LogP contribution in [0.2, 0.25) is 5.02 Å². The summed E-state index contributed by atoms with van der Waals surface area (Å²) in [6.07, 6.45) is 0.752. The van der Waals surface area contributed by atoms with Crippen LogP contribution in [0.25, 0.3) is 0 Å². The van der Waals surface area contributed by atoms with Gasteiger partial charge in [0.05, 0.1) is 5.56 Å². The molecule has 1 heterocycles. The second-order valence-corrected chi connectivity index (χ2v) is 7.22. The molecule has 6 heteroatoms. The van der Waals surface area contributed by atoms with Crippen molar-refractivity contribution in [1.29, 1.82) is 0 Å². The summed E-state index contributed by atoms with van der Waals surface area (Å²) in [5.41, 5.74) is 1.23. The molecule has 0 radical (unpaired) electrons. The van der Waals surface area contributed by atoms with Crippen LogP contribution in [-0.2, 0) is 0 Å². The first-order valence-corrected chi connectivity index (χ1v) is 9.32. The number of nitrogens with zero attached hydrogens (tertiary/aromatic N) is 2. The zero-order valence-electron chi connectivity index (χ0n) is 13.6. The van der Waals surface area contributed by atoms with Crippen LogP contribution in [-0.4, -0.2) is 47.8 Å². The molecule has 25 heavy (non-hydrogen) atoms. The number of carbonyl (C=O) groups excluding carboxylic acids is 2. The van der Waals surface area contributed by atoms with E-state index in [9.17, 15) is 9.59 Å². The molecule has 2 aromatic carbocycles. The minimum Gasteiger partial charge on any atom is -0.337 e. The Balaban J connectivity index is 1.69. The summed E-state index contributed by atoms with van der Waals surface area (Å²) < 4.78 is 0.788. The lowest BCUT2D eigenvalue weighted by Gasteiger charge is -2.22. The van der Waals surface area contributed by atoms with E-state index in [1.165, 1.54) is 0 Å². The summed E-state index contributed by atoms with van der Waals surface area (Å²) in [6.45, 7) is 2.30. The third-order valence-corrected chi connectivity index (χ3v) is 5.17. The van der Waals surface area contributed by atoms with Gasteiger partial charge in [0, 0.05) is 41.2 Å². The second-order valence-electron chi connectivity index (χ2n) is 5.93. The maximum Gasteiger partial charge on any atom is 0.255 e. The Hall–Kier alpha value is -1.85. The molecule has 4 nitrogen and oxygen atoms in total. The zero-order chi connectivity index (χ0) is 17.8. The summed E-state index contributed by atoms with van der Waals surface area (Å²) in [5, 5.41) is 0.548. The van der Waals surface area contributed by atoms with Crippen molar-refractivity contribution in [2.75, 3.05) is 26.2 Å². The molecule has 130 valence electrons. The maximum atomic E-state index is 12.7. The van der Waals surface area contributed by atoms with Crippen molar-refractivity contribution in [3.63, 3.8) is 0 Å². The van der Waals surface area contributed by atoms with E-state index in [4.69, 9.17) is 11.6 Å². The van der Waals surface area contributed by atoms with Gasteiger partial charge in [-0.2, -0.15) is 0 Å². The van der Waals surface area contributed by atoms with E-state index in [2.05, 4.69) is 15.9 Å². The monoisotopic (exact) mass is 420 g/mol. The van der Waals surface area contributed by atoms with Gasteiger partial charge >= 0.3 is 0 Å². The molecule has 0 spiro atoms. The quantitative estimate of drug-likeness (QED) is 0.733. The first-order chi connectivity index (χ1) is 12.1. The van der Waals surface area contributed by atoms with Crippen LogP contribution in [0.15, 0.2) is 53.0 Å². The van der Waals surface area contributed by atoms with E-state index in [1.54, 1.807) is 29.2 Å². The summed E-state index contributed by atoms with van der Waals surface area (Å²) in [7, 11) is 0. The van der Waals surface area contributed by atoms with Crippen molar-refractivity contribution in [2.24, 2.45) is 0 Å². The highest BCUT2D eigenvalue weighted by Gasteiger charge is 2.24. The smallest absolute Gasteiger partial charge is 0.255 e. The number of hydrogen-bond donors (Lipinski definition) is 0. The Kier molecular flexibility index (Phi) is 5.76. The largest absolute Gasteiger partial charge is 0.337 e. The lowest BCUT2D eigenvalue weighted by Crippen LogP contribution is -2.37. The van der Waals surface area contributed by atoms with Gasteiger partial charge in [-0.25, -0.2) is 0 Å². The van der Waals surface area contributed by atoms with Crippen molar-refractivity contribution in [1.82, 2.24) is 9.80 Å². The molecule has 1 fully saturated rings. The Morgan fingerprint density at radius 3 is 2.24 bits per heavy atom. The van der Waals surface area contributed by atoms with Crippen molar-refractivity contribution in [3.05, 3.63) is 69.2 Å². The fourth-order valence-electron chi connectivity index (χ4n) is 2.93. The van der Waals surface area contributed by atoms with E-state index >= 15 is 0 Å².